The summed E-state index contributed by atoms with van der Waals surface area (Å²) in [5.74, 6) is -0.0707. The number of esters is 1. The van der Waals surface area contributed by atoms with Crippen molar-refractivity contribution >= 4 is 12.0 Å². The minimum atomic E-state index is -0.470. The number of benzene rings is 1. The Hall–Kier alpha value is -2.46. The zero-order valence-electron chi connectivity index (χ0n) is 16.0. The lowest BCUT2D eigenvalue weighted by Gasteiger charge is -2.40. The number of nitrogens with zero attached hydrogens (tertiary/aromatic N) is 2. The van der Waals surface area contributed by atoms with Crippen LogP contribution in [-0.2, 0) is 16.1 Å². The maximum Gasteiger partial charge on any atom is 0.313 e. The number of piperidine rings is 1. The van der Waals surface area contributed by atoms with E-state index in [0.717, 1.165) is 38.0 Å². The molecule has 1 atom stereocenters. The van der Waals surface area contributed by atoms with Crippen LogP contribution in [0.1, 0.15) is 37.3 Å². The van der Waals surface area contributed by atoms with E-state index in [0.29, 0.717) is 13.0 Å². The summed E-state index contributed by atoms with van der Waals surface area (Å²) in [6.07, 6.45) is 10.5. The number of pyridine rings is 1. The zero-order valence-corrected chi connectivity index (χ0v) is 16.0. The first-order valence-corrected chi connectivity index (χ1v) is 9.72. The van der Waals surface area contributed by atoms with E-state index in [1.165, 1.54) is 5.56 Å². The molecule has 1 saturated heterocycles. The van der Waals surface area contributed by atoms with Gasteiger partial charge in [-0.2, -0.15) is 0 Å². The smallest absolute Gasteiger partial charge is 0.313 e. The van der Waals surface area contributed by atoms with Crippen molar-refractivity contribution in [3.63, 3.8) is 0 Å². The van der Waals surface area contributed by atoms with E-state index in [2.05, 4.69) is 40.2 Å². The van der Waals surface area contributed by atoms with Gasteiger partial charge in [0.15, 0.2) is 0 Å². The van der Waals surface area contributed by atoms with Gasteiger partial charge in [0.2, 0.25) is 0 Å². The third kappa shape index (κ3) is 5.27. The van der Waals surface area contributed by atoms with Gasteiger partial charge in [0.1, 0.15) is 0 Å². The van der Waals surface area contributed by atoms with E-state index in [-0.39, 0.29) is 5.97 Å². The van der Waals surface area contributed by atoms with E-state index in [1.54, 1.807) is 6.20 Å². The number of carbonyl (C=O) groups excluding carboxylic acids is 1. The number of rotatable bonds is 7. The highest BCUT2D eigenvalue weighted by Crippen LogP contribution is 2.36. The first kappa shape index (κ1) is 19.3. The Labute approximate surface area is 161 Å². The predicted molar refractivity (Wildman–Crippen MR) is 108 cm³/mol. The Balaban J connectivity index is 1.73. The summed E-state index contributed by atoms with van der Waals surface area (Å²) in [6.45, 7) is 4.84. The van der Waals surface area contributed by atoms with Gasteiger partial charge in [-0.3, -0.25) is 14.7 Å². The molecule has 0 aliphatic carbocycles. The van der Waals surface area contributed by atoms with E-state index >= 15 is 0 Å². The third-order valence-corrected chi connectivity index (χ3v) is 5.11. The highest BCUT2D eigenvalue weighted by molar-refractivity contribution is 5.77. The lowest BCUT2D eigenvalue weighted by molar-refractivity contribution is -0.159. The molecular weight excluding hydrogens is 336 g/mol. The fourth-order valence-corrected chi connectivity index (χ4v) is 3.80. The van der Waals surface area contributed by atoms with Crippen LogP contribution in [0.15, 0.2) is 60.9 Å². The largest absolute Gasteiger partial charge is 0.466 e. The molecule has 4 nitrogen and oxygen atoms in total. The molecule has 2 heterocycles. The van der Waals surface area contributed by atoms with Crippen molar-refractivity contribution in [3.05, 3.63) is 72.1 Å². The van der Waals surface area contributed by atoms with Crippen LogP contribution in [-0.4, -0.2) is 35.5 Å². The zero-order chi connectivity index (χ0) is 19.0. The summed E-state index contributed by atoms with van der Waals surface area (Å²) in [5, 5.41) is 0. The highest BCUT2D eigenvalue weighted by Gasteiger charge is 2.42. The van der Waals surface area contributed by atoms with Crippen LogP contribution < -0.4 is 0 Å². The van der Waals surface area contributed by atoms with E-state index in [9.17, 15) is 4.79 Å². The quantitative estimate of drug-likeness (QED) is 0.686. The molecule has 1 aromatic heterocycles. The predicted octanol–water partition coefficient (Wildman–Crippen LogP) is 4.33. The van der Waals surface area contributed by atoms with Crippen molar-refractivity contribution in [1.82, 2.24) is 9.88 Å². The van der Waals surface area contributed by atoms with Crippen molar-refractivity contribution < 1.29 is 9.53 Å². The summed E-state index contributed by atoms with van der Waals surface area (Å²) in [6, 6.07) is 14.2. The second kappa shape index (κ2) is 9.47. The summed E-state index contributed by atoms with van der Waals surface area (Å²) >= 11 is 0. The van der Waals surface area contributed by atoms with E-state index < -0.39 is 5.41 Å². The normalized spacial score (nSPS) is 20.6. The van der Waals surface area contributed by atoms with Crippen LogP contribution in [0, 0.1) is 5.41 Å². The standard InChI is InChI=1S/C23H28N2O2/c1-2-27-22(26)23(13-6-11-20-9-4-3-5-10-20)14-8-16-25(19-23)18-21-12-7-15-24-17-21/h3-7,9-12,15,17H,2,8,13-14,16,18-19H2,1H3/b11-6+/t23-/m0/s1. The maximum absolute atomic E-state index is 12.9. The topological polar surface area (TPSA) is 42.4 Å². The molecule has 0 amide bonds. The molecule has 1 aliphatic rings. The highest BCUT2D eigenvalue weighted by atomic mass is 16.5. The summed E-state index contributed by atoms with van der Waals surface area (Å²) in [7, 11) is 0. The molecule has 1 aromatic carbocycles. The molecule has 1 fully saturated rings. The Bertz CT molecular complexity index is 745. The molecule has 27 heavy (non-hydrogen) atoms. The Morgan fingerprint density at radius 1 is 1.26 bits per heavy atom. The minimum absolute atomic E-state index is 0.0707. The monoisotopic (exact) mass is 364 g/mol. The van der Waals surface area contributed by atoms with Crippen LogP contribution in [0.3, 0.4) is 0 Å². The van der Waals surface area contributed by atoms with Gasteiger partial charge in [-0.25, -0.2) is 0 Å². The fourth-order valence-electron chi connectivity index (χ4n) is 3.80. The molecule has 0 saturated carbocycles. The van der Waals surface area contributed by atoms with Gasteiger partial charge in [-0.1, -0.05) is 48.6 Å². The van der Waals surface area contributed by atoms with Gasteiger partial charge in [0.25, 0.3) is 0 Å². The van der Waals surface area contributed by atoms with Crippen LogP contribution in [0.5, 0.6) is 0 Å². The third-order valence-electron chi connectivity index (χ3n) is 5.11. The number of hydrogen-bond donors (Lipinski definition) is 0. The number of likely N-dealkylation sites (tertiary alicyclic amines) is 1. The molecule has 3 rings (SSSR count). The molecule has 0 unspecified atom stereocenters. The van der Waals surface area contributed by atoms with Crippen molar-refractivity contribution in [2.24, 2.45) is 5.41 Å². The van der Waals surface area contributed by atoms with Crippen molar-refractivity contribution in [2.75, 3.05) is 19.7 Å². The lowest BCUT2D eigenvalue weighted by Crippen LogP contribution is -2.48. The average molecular weight is 364 g/mol. The number of carbonyl (C=O) groups is 1. The molecular formula is C23H28N2O2. The first-order chi connectivity index (χ1) is 13.2. The van der Waals surface area contributed by atoms with Gasteiger partial charge in [-0.05, 0) is 49.9 Å². The molecule has 1 aliphatic heterocycles. The lowest BCUT2D eigenvalue weighted by atomic mass is 9.76. The van der Waals surface area contributed by atoms with E-state index in [1.807, 2.05) is 37.4 Å². The van der Waals surface area contributed by atoms with Crippen molar-refractivity contribution in [1.29, 1.82) is 0 Å². The Morgan fingerprint density at radius 3 is 2.85 bits per heavy atom. The van der Waals surface area contributed by atoms with Gasteiger partial charge in [-0.15, -0.1) is 0 Å². The van der Waals surface area contributed by atoms with Crippen molar-refractivity contribution in [3.8, 4) is 0 Å². The van der Waals surface area contributed by atoms with Crippen molar-refractivity contribution in [2.45, 2.75) is 32.7 Å². The SMILES string of the molecule is CCOC(=O)[C@@]1(C/C=C/c2ccccc2)CCCN(Cc2cccnc2)C1. The van der Waals surface area contributed by atoms with Crippen LogP contribution in [0.25, 0.3) is 6.08 Å². The first-order valence-electron chi connectivity index (χ1n) is 9.72. The van der Waals surface area contributed by atoms with Gasteiger partial charge in [0, 0.05) is 25.5 Å². The second-order valence-corrected chi connectivity index (χ2v) is 7.19. The minimum Gasteiger partial charge on any atom is -0.466 e. The number of allylic oxidation sites excluding steroid dienone is 1. The summed E-state index contributed by atoms with van der Waals surface area (Å²) < 4.78 is 5.47. The maximum atomic E-state index is 12.9. The molecule has 2 aromatic rings. The number of hydrogen-bond acceptors (Lipinski definition) is 4. The fraction of sp³-hybridized carbons (Fsp3) is 0.391. The Kier molecular flexibility index (Phi) is 6.77. The van der Waals surface area contributed by atoms with Gasteiger partial charge < -0.3 is 4.74 Å². The van der Waals surface area contributed by atoms with Crippen LogP contribution >= 0.6 is 0 Å². The number of ether oxygens (including phenoxy) is 1. The summed E-state index contributed by atoms with van der Waals surface area (Å²) in [4.78, 5) is 19.4. The summed E-state index contributed by atoms with van der Waals surface area (Å²) in [5.41, 5.74) is 1.86. The van der Waals surface area contributed by atoms with Crippen LogP contribution in [0.4, 0.5) is 0 Å². The number of aromatic nitrogens is 1. The van der Waals surface area contributed by atoms with Gasteiger partial charge in [0.05, 0.1) is 12.0 Å². The molecule has 0 bridgehead atoms. The van der Waals surface area contributed by atoms with E-state index in [4.69, 9.17) is 4.74 Å². The van der Waals surface area contributed by atoms with Gasteiger partial charge >= 0.3 is 5.97 Å². The Morgan fingerprint density at radius 2 is 2.11 bits per heavy atom. The van der Waals surface area contributed by atoms with Crippen LogP contribution in [0.2, 0.25) is 0 Å². The molecule has 4 heteroatoms. The molecule has 142 valence electrons. The molecule has 0 N–H and O–H groups in total. The average Bonchev–Trinajstić information content (AvgIpc) is 2.70. The molecule has 0 spiro atoms. The molecule has 0 radical (unpaired) electrons. The second-order valence-electron chi connectivity index (χ2n) is 7.19.